The van der Waals surface area contributed by atoms with Crippen LogP contribution in [0.2, 0.25) is 0 Å². The lowest BCUT2D eigenvalue weighted by atomic mass is 10.1. The van der Waals surface area contributed by atoms with Gasteiger partial charge < -0.3 is 9.47 Å². The highest BCUT2D eigenvalue weighted by Gasteiger charge is 2.47. The molecule has 0 aromatic heterocycles. The summed E-state index contributed by atoms with van der Waals surface area (Å²) < 4.78 is 10.8. The normalized spacial score (nSPS) is 24.4. The van der Waals surface area contributed by atoms with Crippen LogP contribution in [0.3, 0.4) is 0 Å². The molecule has 1 fully saturated rings. The van der Waals surface area contributed by atoms with Crippen LogP contribution >= 0.6 is 15.9 Å². The number of rotatable bonds is 2. The third kappa shape index (κ3) is 1.81. The molecular weight excluding hydrogens is 248 g/mol. The van der Waals surface area contributed by atoms with Crippen molar-refractivity contribution in [2.45, 2.75) is 12.2 Å². The van der Waals surface area contributed by atoms with Gasteiger partial charge in [0.05, 0.1) is 7.11 Å². The molecule has 0 saturated carbocycles. The molecule has 2 atom stereocenters. The number of epoxide rings is 1. The third-order valence-electron chi connectivity index (χ3n) is 2.10. The van der Waals surface area contributed by atoms with Crippen LogP contribution in [0.25, 0.3) is 0 Å². The van der Waals surface area contributed by atoms with Crippen LogP contribution < -0.4 is 0 Å². The molecule has 4 heteroatoms. The fraction of sp³-hybridized carbons (Fsp3) is 0.300. The molecule has 0 amide bonds. The van der Waals surface area contributed by atoms with Crippen LogP contribution in [-0.4, -0.2) is 19.2 Å². The van der Waals surface area contributed by atoms with Gasteiger partial charge in [0, 0.05) is 4.47 Å². The highest BCUT2D eigenvalue weighted by molar-refractivity contribution is 9.10. The molecule has 1 aromatic rings. The fourth-order valence-electron chi connectivity index (χ4n) is 1.34. The van der Waals surface area contributed by atoms with E-state index in [9.17, 15) is 4.79 Å². The van der Waals surface area contributed by atoms with Gasteiger partial charge in [0.1, 0.15) is 6.10 Å². The number of hydrogen-bond donors (Lipinski definition) is 0. The molecule has 0 N–H and O–H groups in total. The van der Waals surface area contributed by atoms with Crippen LogP contribution in [0, 0.1) is 0 Å². The summed E-state index contributed by atoms with van der Waals surface area (Å²) in [6, 6.07) is 7.71. The standard InChI is InChI=1S/C10H9BrO3/c1-13-10(12)9-8(14-9)6-3-2-4-7(11)5-6/h2-5,8-9H,1H3/t8-,9+/m0/s1. The van der Waals surface area contributed by atoms with Gasteiger partial charge >= 0.3 is 5.97 Å². The lowest BCUT2D eigenvalue weighted by Crippen LogP contribution is -2.09. The van der Waals surface area contributed by atoms with Gasteiger partial charge in [-0.2, -0.15) is 0 Å². The number of benzene rings is 1. The Bertz CT molecular complexity index is 364. The van der Waals surface area contributed by atoms with E-state index in [1.807, 2.05) is 24.3 Å². The molecule has 0 spiro atoms. The summed E-state index contributed by atoms with van der Waals surface area (Å²) in [6.07, 6.45) is -0.561. The van der Waals surface area contributed by atoms with E-state index < -0.39 is 6.10 Å². The van der Waals surface area contributed by atoms with Gasteiger partial charge in [-0.15, -0.1) is 0 Å². The zero-order chi connectivity index (χ0) is 10.1. The average molecular weight is 257 g/mol. The number of hydrogen-bond acceptors (Lipinski definition) is 3. The molecule has 1 aromatic carbocycles. The summed E-state index contributed by atoms with van der Waals surface area (Å²) in [4.78, 5) is 11.1. The Morgan fingerprint density at radius 1 is 1.57 bits per heavy atom. The molecule has 0 radical (unpaired) electrons. The maximum atomic E-state index is 11.1. The Morgan fingerprint density at radius 3 is 3.00 bits per heavy atom. The number of halogens is 1. The van der Waals surface area contributed by atoms with Gasteiger partial charge in [0.15, 0.2) is 6.10 Å². The van der Waals surface area contributed by atoms with Crippen molar-refractivity contribution < 1.29 is 14.3 Å². The van der Waals surface area contributed by atoms with E-state index in [4.69, 9.17) is 4.74 Å². The van der Waals surface area contributed by atoms with Crippen LogP contribution in [0.15, 0.2) is 28.7 Å². The van der Waals surface area contributed by atoms with Gasteiger partial charge in [0.2, 0.25) is 0 Å². The molecule has 1 heterocycles. The smallest absolute Gasteiger partial charge is 0.338 e. The molecule has 1 aliphatic rings. The van der Waals surface area contributed by atoms with Gasteiger partial charge in [-0.25, -0.2) is 4.79 Å². The molecule has 14 heavy (non-hydrogen) atoms. The summed E-state index contributed by atoms with van der Waals surface area (Å²) in [7, 11) is 1.36. The molecule has 0 aliphatic carbocycles. The topological polar surface area (TPSA) is 38.8 Å². The number of methoxy groups -OCH3 is 1. The Labute approximate surface area is 90.1 Å². The summed E-state index contributed by atoms with van der Waals surface area (Å²) in [5, 5.41) is 0. The molecule has 1 aliphatic heterocycles. The number of esters is 1. The molecule has 3 nitrogen and oxygen atoms in total. The first-order chi connectivity index (χ1) is 6.72. The van der Waals surface area contributed by atoms with Crippen LogP contribution in [-0.2, 0) is 14.3 Å². The molecule has 1 saturated heterocycles. The number of carbonyl (C=O) groups is 1. The van der Waals surface area contributed by atoms with Crippen molar-refractivity contribution >= 4 is 21.9 Å². The maximum absolute atomic E-state index is 11.1. The zero-order valence-corrected chi connectivity index (χ0v) is 9.15. The average Bonchev–Trinajstić information content (AvgIpc) is 2.96. The first kappa shape index (κ1) is 9.68. The van der Waals surface area contributed by atoms with Crippen LogP contribution in [0.1, 0.15) is 11.7 Å². The van der Waals surface area contributed by atoms with Crippen molar-refractivity contribution in [3.05, 3.63) is 34.3 Å². The van der Waals surface area contributed by atoms with Crippen molar-refractivity contribution in [2.24, 2.45) is 0 Å². The molecule has 74 valence electrons. The predicted octanol–water partition coefficient (Wildman–Crippen LogP) is 2.06. The van der Waals surface area contributed by atoms with Crippen molar-refractivity contribution in [3.8, 4) is 0 Å². The van der Waals surface area contributed by atoms with E-state index >= 15 is 0 Å². The van der Waals surface area contributed by atoms with Crippen LogP contribution in [0.4, 0.5) is 0 Å². The van der Waals surface area contributed by atoms with Gasteiger partial charge in [-0.3, -0.25) is 0 Å². The van der Waals surface area contributed by atoms with Crippen molar-refractivity contribution in [3.63, 3.8) is 0 Å². The van der Waals surface area contributed by atoms with Gasteiger partial charge in [-0.1, -0.05) is 28.1 Å². The van der Waals surface area contributed by atoms with Crippen molar-refractivity contribution in [2.75, 3.05) is 7.11 Å². The molecular formula is C10H9BrO3. The van der Waals surface area contributed by atoms with E-state index in [0.717, 1.165) is 10.0 Å². The first-order valence-corrected chi connectivity index (χ1v) is 5.00. The fourth-order valence-corrected chi connectivity index (χ4v) is 1.76. The largest absolute Gasteiger partial charge is 0.467 e. The van der Waals surface area contributed by atoms with E-state index in [1.54, 1.807) is 0 Å². The summed E-state index contributed by atoms with van der Waals surface area (Å²) in [5.41, 5.74) is 0.995. The van der Waals surface area contributed by atoms with E-state index in [2.05, 4.69) is 20.7 Å². The Morgan fingerprint density at radius 2 is 2.36 bits per heavy atom. The predicted molar refractivity (Wildman–Crippen MR) is 53.8 cm³/mol. The van der Waals surface area contributed by atoms with E-state index in [0.29, 0.717) is 0 Å². The first-order valence-electron chi connectivity index (χ1n) is 4.21. The quantitative estimate of drug-likeness (QED) is 0.601. The second-order valence-electron chi connectivity index (χ2n) is 3.06. The summed E-state index contributed by atoms with van der Waals surface area (Å²) >= 11 is 3.36. The minimum Gasteiger partial charge on any atom is -0.467 e. The number of carbonyl (C=O) groups excluding carboxylic acids is 1. The third-order valence-corrected chi connectivity index (χ3v) is 2.60. The monoisotopic (exact) mass is 256 g/mol. The Kier molecular flexibility index (Phi) is 2.56. The lowest BCUT2D eigenvalue weighted by molar-refractivity contribution is -0.142. The van der Waals surface area contributed by atoms with Crippen LogP contribution in [0.5, 0.6) is 0 Å². The van der Waals surface area contributed by atoms with Gasteiger partial charge in [0.25, 0.3) is 0 Å². The highest BCUT2D eigenvalue weighted by Crippen LogP contribution is 2.39. The van der Waals surface area contributed by atoms with Gasteiger partial charge in [-0.05, 0) is 17.7 Å². The van der Waals surface area contributed by atoms with E-state index in [1.165, 1.54) is 7.11 Å². The highest BCUT2D eigenvalue weighted by atomic mass is 79.9. The molecule has 0 bridgehead atoms. The number of ether oxygens (including phenoxy) is 2. The Hall–Kier alpha value is -0.870. The van der Waals surface area contributed by atoms with E-state index in [-0.39, 0.29) is 12.1 Å². The summed E-state index contributed by atoms with van der Waals surface area (Å²) in [5.74, 6) is -0.310. The zero-order valence-electron chi connectivity index (χ0n) is 7.57. The summed E-state index contributed by atoms with van der Waals surface area (Å²) in [6.45, 7) is 0. The maximum Gasteiger partial charge on any atom is 0.338 e. The minimum atomic E-state index is -0.422. The SMILES string of the molecule is COC(=O)[C@@H]1O[C@H]1c1cccc(Br)c1. The lowest BCUT2D eigenvalue weighted by Gasteiger charge is -1.96. The second-order valence-corrected chi connectivity index (χ2v) is 3.97. The molecule has 0 unspecified atom stereocenters. The minimum absolute atomic E-state index is 0.139. The van der Waals surface area contributed by atoms with Crippen molar-refractivity contribution in [1.82, 2.24) is 0 Å². The molecule has 2 rings (SSSR count). The second kappa shape index (κ2) is 3.71. The van der Waals surface area contributed by atoms with Crippen molar-refractivity contribution in [1.29, 1.82) is 0 Å². The Balaban J connectivity index is 2.09.